The number of nitrogens with zero attached hydrogens (tertiary/aromatic N) is 3. The average molecular weight is 393 g/mol. The van der Waals surface area contributed by atoms with E-state index in [1.807, 2.05) is 31.2 Å². The van der Waals surface area contributed by atoms with Crippen LogP contribution in [0.5, 0.6) is 5.75 Å². The minimum Gasteiger partial charge on any atom is -0.494 e. The van der Waals surface area contributed by atoms with Crippen molar-refractivity contribution in [2.45, 2.75) is 19.8 Å². The van der Waals surface area contributed by atoms with Crippen molar-refractivity contribution in [1.82, 2.24) is 9.55 Å². The highest BCUT2D eigenvalue weighted by Gasteiger charge is 2.22. The molecular weight excluding hydrogens is 370 g/mol. The van der Waals surface area contributed by atoms with Gasteiger partial charge in [0, 0.05) is 13.1 Å². The van der Waals surface area contributed by atoms with E-state index < -0.39 is 5.97 Å². The van der Waals surface area contributed by atoms with Crippen LogP contribution in [0, 0.1) is 0 Å². The summed E-state index contributed by atoms with van der Waals surface area (Å²) < 4.78 is 12.0. The first-order valence-electron chi connectivity index (χ1n) is 9.75. The van der Waals surface area contributed by atoms with Crippen LogP contribution < -0.4 is 15.2 Å². The number of ether oxygens (including phenoxy) is 2. The molecule has 3 aromatic rings. The van der Waals surface area contributed by atoms with Crippen LogP contribution in [0.1, 0.15) is 30.1 Å². The fourth-order valence-corrected chi connectivity index (χ4v) is 3.64. The SMILES string of the molecule is CCOc1ccc(-n2c(N3CCCC3)nc3cc(C(=O)OC)ccc3c2=O)cc1. The summed E-state index contributed by atoms with van der Waals surface area (Å²) in [6.45, 7) is 4.19. The maximum absolute atomic E-state index is 13.4. The molecule has 4 rings (SSSR count). The normalized spacial score (nSPS) is 13.7. The van der Waals surface area contributed by atoms with Gasteiger partial charge in [0.05, 0.1) is 35.9 Å². The first-order valence-corrected chi connectivity index (χ1v) is 9.75. The monoisotopic (exact) mass is 393 g/mol. The van der Waals surface area contributed by atoms with Crippen molar-refractivity contribution in [3.8, 4) is 11.4 Å². The van der Waals surface area contributed by atoms with Gasteiger partial charge in [0.2, 0.25) is 5.95 Å². The molecule has 1 aliphatic rings. The minimum atomic E-state index is -0.452. The van der Waals surface area contributed by atoms with Gasteiger partial charge in [-0.1, -0.05) is 0 Å². The third-order valence-electron chi connectivity index (χ3n) is 5.07. The van der Waals surface area contributed by atoms with E-state index in [1.54, 1.807) is 22.8 Å². The number of hydrogen-bond acceptors (Lipinski definition) is 6. The van der Waals surface area contributed by atoms with E-state index in [1.165, 1.54) is 7.11 Å². The van der Waals surface area contributed by atoms with Crippen LogP contribution in [0.3, 0.4) is 0 Å². The van der Waals surface area contributed by atoms with Gasteiger partial charge in [-0.05, 0) is 62.2 Å². The second kappa shape index (κ2) is 7.95. The van der Waals surface area contributed by atoms with Crippen LogP contribution in [0.2, 0.25) is 0 Å². The Balaban J connectivity index is 1.91. The number of carbonyl (C=O) groups is 1. The number of benzene rings is 2. The van der Waals surface area contributed by atoms with Gasteiger partial charge in [-0.15, -0.1) is 0 Å². The summed E-state index contributed by atoms with van der Waals surface area (Å²) in [4.78, 5) is 32.2. The van der Waals surface area contributed by atoms with Crippen molar-refractivity contribution in [2.75, 3.05) is 31.7 Å². The van der Waals surface area contributed by atoms with Gasteiger partial charge in [-0.2, -0.15) is 0 Å². The largest absolute Gasteiger partial charge is 0.494 e. The van der Waals surface area contributed by atoms with Gasteiger partial charge in [-0.25, -0.2) is 14.3 Å². The topological polar surface area (TPSA) is 73.7 Å². The third-order valence-corrected chi connectivity index (χ3v) is 5.07. The van der Waals surface area contributed by atoms with E-state index in [9.17, 15) is 9.59 Å². The zero-order valence-electron chi connectivity index (χ0n) is 16.6. The first kappa shape index (κ1) is 19.0. The van der Waals surface area contributed by atoms with E-state index in [0.29, 0.717) is 29.0 Å². The fraction of sp³-hybridized carbons (Fsp3) is 0.318. The Morgan fingerprint density at radius 2 is 1.83 bits per heavy atom. The molecule has 0 aliphatic carbocycles. The van der Waals surface area contributed by atoms with E-state index in [2.05, 4.69) is 4.90 Å². The van der Waals surface area contributed by atoms with Crippen molar-refractivity contribution in [2.24, 2.45) is 0 Å². The Labute approximate surface area is 168 Å². The summed E-state index contributed by atoms with van der Waals surface area (Å²) in [5, 5.41) is 0.453. The predicted octanol–water partition coefficient (Wildman–Crippen LogP) is 3.17. The maximum atomic E-state index is 13.4. The van der Waals surface area contributed by atoms with Crippen molar-refractivity contribution in [1.29, 1.82) is 0 Å². The number of hydrogen-bond donors (Lipinski definition) is 0. The number of aromatic nitrogens is 2. The molecular formula is C22H23N3O4. The van der Waals surface area contributed by atoms with Crippen LogP contribution >= 0.6 is 0 Å². The van der Waals surface area contributed by atoms with Crippen molar-refractivity contribution < 1.29 is 14.3 Å². The average Bonchev–Trinajstić information content (AvgIpc) is 3.28. The molecule has 2 heterocycles. The Morgan fingerprint density at radius 1 is 1.10 bits per heavy atom. The quantitative estimate of drug-likeness (QED) is 0.620. The number of methoxy groups -OCH3 is 1. The van der Waals surface area contributed by atoms with Crippen LogP contribution in [0.25, 0.3) is 16.6 Å². The third kappa shape index (κ3) is 3.55. The lowest BCUT2D eigenvalue weighted by atomic mass is 10.1. The Kier molecular flexibility index (Phi) is 5.20. The molecule has 1 saturated heterocycles. The van der Waals surface area contributed by atoms with Crippen molar-refractivity contribution in [3.63, 3.8) is 0 Å². The van der Waals surface area contributed by atoms with Gasteiger partial charge in [-0.3, -0.25) is 4.79 Å². The van der Waals surface area contributed by atoms with Crippen molar-refractivity contribution in [3.05, 3.63) is 58.4 Å². The Bertz CT molecular complexity index is 1100. The van der Waals surface area contributed by atoms with Gasteiger partial charge in [0.1, 0.15) is 5.75 Å². The molecule has 29 heavy (non-hydrogen) atoms. The summed E-state index contributed by atoms with van der Waals surface area (Å²) in [6, 6.07) is 12.3. The molecule has 0 amide bonds. The molecule has 0 radical (unpaired) electrons. The molecule has 0 atom stereocenters. The van der Waals surface area contributed by atoms with E-state index in [0.717, 1.165) is 37.4 Å². The summed E-state index contributed by atoms with van der Waals surface area (Å²) in [5.41, 5.74) is 1.42. The van der Waals surface area contributed by atoms with Gasteiger partial charge >= 0.3 is 5.97 Å². The number of fused-ring (bicyclic) bond motifs is 1. The van der Waals surface area contributed by atoms with E-state index >= 15 is 0 Å². The summed E-state index contributed by atoms with van der Waals surface area (Å²) in [6.07, 6.45) is 2.11. The molecule has 1 aliphatic heterocycles. The zero-order chi connectivity index (χ0) is 20.4. The van der Waals surface area contributed by atoms with Gasteiger partial charge in [0.15, 0.2) is 0 Å². The second-order valence-corrected chi connectivity index (χ2v) is 6.90. The molecule has 2 aromatic carbocycles. The first-order chi connectivity index (χ1) is 14.1. The lowest BCUT2D eigenvalue weighted by Gasteiger charge is -2.22. The number of esters is 1. The van der Waals surface area contributed by atoms with Crippen LogP contribution in [-0.2, 0) is 4.74 Å². The van der Waals surface area contributed by atoms with Gasteiger partial charge in [0.25, 0.3) is 5.56 Å². The molecule has 150 valence electrons. The van der Waals surface area contributed by atoms with Crippen molar-refractivity contribution >= 4 is 22.8 Å². The molecule has 1 fully saturated rings. The predicted molar refractivity (Wildman–Crippen MR) is 111 cm³/mol. The van der Waals surface area contributed by atoms with Crippen LogP contribution in [0.15, 0.2) is 47.3 Å². The maximum Gasteiger partial charge on any atom is 0.337 e. The highest BCUT2D eigenvalue weighted by molar-refractivity contribution is 5.94. The number of anilines is 1. The lowest BCUT2D eigenvalue weighted by molar-refractivity contribution is 0.0601. The molecule has 0 saturated carbocycles. The molecule has 7 heteroatoms. The molecule has 0 unspecified atom stereocenters. The summed E-state index contributed by atoms with van der Waals surface area (Å²) >= 11 is 0. The summed E-state index contributed by atoms with van der Waals surface area (Å²) in [5.74, 6) is 0.891. The van der Waals surface area contributed by atoms with Crippen LogP contribution in [-0.4, -0.2) is 42.3 Å². The molecule has 0 N–H and O–H groups in total. The number of rotatable bonds is 5. The Hall–Kier alpha value is -3.35. The highest BCUT2D eigenvalue weighted by atomic mass is 16.5. The standard InChI is InChI=1S/C22H23N3O4/c1-3-29-17-9-7-16(8-10-17)25-20(26)18-11-6-15(21(27)28-2)14-19(18)23-22(25)24-12-4-5-13-24/h6-11,14H,3-5,12-13H2,1-2H3. The molecule has 0 bridgehead atoms. The fourth-order valence-electron chi connectivity index (χ4n) is 3.64. The molecule has 7 nitrogen and oxygen atoms in total. The summed E-state index contributed by atoms with van der Waals surface area (Å²) in [7, 11) is 1.33. The highest BCUT2D eigenvalue weighted by Crippen LogP contribution is 2.24. The minimum absolute atomic E-state index is 0.169. The smallest absolute Gasteiger partial charge is 0.337 e. The lowest BCUT2D eigenvalue weighted by Crippen LogP contribution is -2.30. The van der Waals surface area contributed by atoms with E-state index in [-0.39, 0.29) is 5.56 Å². The Morgan fingerprint density at radius 3 is 2.48 bits per heavy atom. The van der Waals surface area contributed by atoms with Crippen LogP contribution in [0.4, 0.5) is 5.95 Å². The molecule has 1 aromatic heterocycles. The zero-order valence-corrected chi connectivity index (χ0v) is 16.6. The van der Waals surface area contributed by atoms with Gasteiger partial charge < -0.3 is 14.4 Å². The molecule has 0 spiro atoms. The second-order valence-electron chi connectivity index (χ2n) is 6.90. The van der Waals surface area contributed by atoms with E-state index in [4.69, 9.17) is 14.5 Å². The number of carbonyl (C=O) groups excluding carboxylic acids is 1.